The van der Waals surface area contributed by atoms with E-state index in [9.17, 15) is 5.11 Å². The molecule has 1 fully saturated rings. The molecule has 4 rings (SSSR count). The smallest absolute Gasteiger partial charge is 0.186 e. The van der Waals surface area contributed by atoms with Gasteiger partial charge in [0.1, 0.15) is 11.3 Å². The number of anilines is 2. The van der Waals surface area contributed by atoms with Gasteiger partial charge >= 0.3 is 0 Å². The van der Waals surface area contributed by atoms with E-state index in [-0.39, 0.29) is 5.75 Å². The van der Waals surface area contributed by atoms with E-state index in [2.05, 4.69) is 53.9 Å². The normalized spacial score (nSPS) is 15.6. The third kappa shape index (κ3) is 3.12. The van der Waals surface area contributed by atoms with E-state index >= 15 is 0 Å². The fraction of sp³-hybridized carbons (Fsp3) is 0.381. The highest BCUT2D eigenvalue weighted by Crippen LogP contribution is 2.35. The Morgan fingerprint density at radius 2 is 1.88 bits per heavy atom. The van der Waals surface area contributed by atoms with E-state index in [0.29, 0.717) is 6.04 Å². The highest BCUT2D eigenvalue weighted by Gasteiger charge is 2.25. The van der Waals surface area contributed by atoms with Crippen molar-refractivity contribution in [2.75, 3.05) is 29.9 Å². The van der Waals surface area contributed by atoms with Gasteiger partial charge in [0.2, 0.25) is 0 Å². The molecule has 2 aromatic carbocycles. The van der Waals surface area contributed by atoms with Crippen LogP contribution in [0.4, 0.5) is 10.8 Å². The van der Waals surface area contributed by atoms with Crippen molar-refractivity contribution in [3.63, 3.8) is 0 Å². The van der Waals surface area contributed by atoms with Crippen molar-refractivity contribution in [1.82, 2.24) is 4.98 Å². The molecule has 1 saturated heterocycles. The number of fused-ring (bicyclic) bond motifs is 1. The van der Waals surface area contributed by atoms with Gasteiger partial charge in [0, 0.05) is 31.9 Å². The second-order valence-electron chi connectivity index (χ2n) is 7.22. The van der Waals surface area contributed by atoms with Crippen LogP contribution in [-0.4, -0.2) is 36.3 Å². The lowest BCUT2D eigenvalue weighted by atomic mass is 10.0. The quantitative estimate of drug-likeness (QED) is 0.727. The van der Waals surface area contributed by atoms with Gasteiger partial charge in [0.25, 0.3) is 0 Å². The molecule has 3 aromatic rings. The first kappa shape index (κ1) is 17.2. The monoisotopic (exact) mass is 367 g/mol. The molecule has 1 aliphatic heterocycles. The molecule has 0 aliphatic carbocycles. The summed E-state index contributed by atoms with van der Waals surface area (Å²) in [6.07, 6.45) is 2.23. The summed E-state index contributed by atoms with van der Waals surface area (Å²) in [5.41, 5.74) is 4.72. The molecule has 5 heteroatoms. The van der Waals surface area contributed by atoms with Gasteiger partial charge in [-0.2, -0.15) is 0 Å². The topological polar surface area (TPSA) is 39.6 Å². The molecule has 1 N–H and O–H groups in total. The standard InChI is InChI=1S/C21H25N3OS/c1-14-7-8-17(13-15(14)2)23(3)16-9-11-24(12-10-16)21-22-20-18(25)5-4-6-19(20)26-21/h4-8,13,16,25H,9-12H2,1-3H3. The number of phenolic OH excluding ortho intramolecular Hbond substituents is 1. The summed E-state index contributed by atoms with van der Waals surface area (Å²) in [6.45, 7) is 6.34. The molecule has 0 spiro atoms. The van der Waals surface area contributed by atoms with Crippen molar-refractivity contribution in [3.05, 3.63) is 47.5 Å². The van der Waals surface area contributed by atoms with Crippen molar-refractivity contribution in [2.24, 2.45) is 0 Å². The summed E-state index contributed by atoms with van der Waals surface area (Å²) >= 11 is 1.67. The second-order valence-corrected chi connectivity index (χ2v) is 8.23. The number of aromatic nitrogens is 1. The number of aromatic hydroxyl groups is 1. The van der Waals surface area contributed by atoms with Gasteiger partial charge in [-0.1, -0.05) is 23.5 Å². The van der Waals surface area contributed by atoms with Crippen LogP contribution in [-0.2, 0) is 0 Å². The third-order valence-corrected chi connectivity index (χ3v) is 6.65. The fourth-order valence-electron chi connectivity index (χ4n) is 3.66. The van der Waals surface area contributed by atoms with E-state index in [1.165, 1.54) is 16.8 Å². The molecular formula is C21H25N3OS. The second kappa shape index (κ2) is 6.80. The van der Waals surface area contributed by atoms with Gasteiger partial charge in [0.05, 0.1) is 4.70 Å². The highest BCUT2D eigenvalue weighted by atomic mass is 32.1. The number of benzene rings is 2. The molecule has 0 amide bonds. The first-order chi connectivity index (χ1) is 12.5. The lowest BCUT2D eigenvalue weighted by Crippen LogP contribution is -2.43. The van der Waals surface area contributed by atoms with E-state index in [4.69, 9.17) is 0 Å². The van der Waals surface area contributed by atoms with Crippen LogP contribution in [0.25, 0.3) is 10.2 Å². The highest BCUT2D eigenvalue weighted by molar-refractivity contribution is 7.22. The molecule has 0 unspecified atom stereocenters. The van der Waals surface area contributed by atoms with Gasteiger partial charge in [0.15, 0.2) is 5.13 Å². The van der Waals surface area contributed by atoms with Crippen molar-refractivity contribution in [2.45, 2.75) is 32.7 Å². The van der Waals surface area contributed by atoms with Gasteiger partial charge in [-0.15, -0.1) is 0 Å². The predicted octanol–water partition coefficient (Wildman–Crippen LogP) is 4.72. The number of hydrogen-bond donors (Lipinski definition) is 1. The fourth-order valence-corrected chi connectivity index (χ4v) is 4.70. The Morgan fingerprint density at radius 3 is 2.58 bits per heavy atom. The number of para-hydroxylation sites is 1. The number of phenols is 1. The number of nitrogens with zero attached hydrogens (tertiary/aromatic N) is 3. The van der Waals surface area contributed by atoms with Gasteiger partial charge in [-0.3, -0.25) is 0 Å². The summed E-state index contributed by atoms with van der Waals surface area (Å²) in [5.74, 6) is 0.273. The summed E-state index contributed by atoms with van der Waals surface area (Å²) in [6, 6.07) is 12.9. The van der Waals surface area contributed by atoms with Gasteiger partial charge in [-0.25, -0.2) is 4.98 Å². The van der Waals surface area contributed by atoms with Crippen LogP contribution in [0.15, 0.2) is 36.4 Å². The van der Waals surface area contributed by atoms with Crippen LogP contribution < -0.4 is 9.80 Å². The minimum Gasteiger partial charge on any atom is -0.506 e. The Labute approximate surface area is 158 Å². The number of thiazole rings is 1. The van der Waals surface area contributed by atoms with E-state index in [1.54, 1.807) is 17.4 Å². The predicted molar refractivity (Wildman–Crippen MR) is 111 cm³/mol. The SMILES string of the molecule is Cc1ccc(N(C)C2CCN(c3nc4c(O)cccc4s3)CC2)cc1C. The maximum absolute atomic E-state index is 9.98. The molecule has 136 valence electrons. The molecule has 0 radical (unpaired) electrons. The minimum atomic E-state index is 0.273. The third-order valence-electron chi connectivity index (χ3n) is 5.57. The Bertz CT molecular complexity index is 928. The van der Waals surface area contributed by atoms with Crippen molar-refractivity contribution >= 4 is 32.4 Å². The minimum absolute atomic E-state index is 0.273. The molecule has 2 heterocycles. The molecule has 4 nitrogen and oxygen atoms in total. The lowest BCUT2D eigenvalue weighted by Gasteiger charge is -2.38. The molecule has 1 aromatic heterocycles. The lowest BCUT2D eigenvalue weighted by molar-refractivity contribution is 0.478. The summed E-state index contributed by atoms with van der Waals surface area (Å²) in [5, 5.41) is 11.0. The zero-order chi connectivity index (χ0) is 18.3. The van der Waals surface area contributed by atoms with Crippen molar-refractivity contribution in [3.8, 4) is 5.75 Å². The molecule has 0 atom stereocenters. The number of rotatable bonds is 3. The van der Waals surface area contributed by atoms with Crippen LogP contribution in [0.5, 0.6) is 5.75 Å². The Balaban J connectivity index is 1.46. The Kier molecular flexibility index (Phi) is 4.49. The molecule has 1 aliphatic rings. The molecule has 0 saturated carbocycles. The Morgan fingerprint density at radius 1 is 1.12 bits per heavy atom. The van der Waals surface area contributed by atoms with Gasteiger partial charge < -0.3 is 14.9 Å². The van der Waals surface area contributed by atoms with Crippen LogP contribution in [0, 0.1) is 13.8 Å². The maximum atomic E-state index is 9.98. The van der Waals surface area contributed by atoms with Crippen molar-refractivity contribution < 1.29 is 5.11 Å². The van der Waals surface area contributed by atoms with E-state index < -0.39 is 0 Å². The molecular weight excluding hydrogens is 342 g/mol. The first-order valence-corrected chi connectivity index (χ1v) is 9.98. The summed E-state index contributed by atoms with van der Waals surface area (Å²) in [7, 11) is 2.21. The summed E-state index contributed by atoms with van der Waals surface area (Å²) in [4.78, 5) is 9.45. The molecule has 0 bridgehead atoms. The number of hydrogen-bond acceptors (Lipinski definition) is 5. The zero-order valence-corrected chi connectivity index (χ0v) is 16.4. The average Bonchev–Trinajstić information content (AvgIpc) is 3.09. The first-order valence-electron chi connectivity index (χ1n) is 9.16. The van der Waals surface area contributed by atoms with Crippen LogP contribution in [0.3, 0.4) is 0 Å². The summed E-state index contributed by atoms with van der Waals surface area (Å²) < 4.78 is 1.05. The van der Waals surface area contributed by atoms with E-state index in [1.807, 2.05) is 12.1 Å². The van der Waals surface area contributed by atoms with Crippen molar-refractivity contribution in [1.29, 1.82) is 0 Å². The Hall–Kier alpha value is -2.27. The number of aryl methyl sites for hydroxylation is 2. The maximum Gasteiger partial charge on any atom is 0.186 e. The van der Waals surface area contributed by atoms with Gasteiger partial charge in [-0.05, 0) is 62.1 Å². The van der Waals surface area contributed by atoms with E-state index in [0.717, 1.165) is 41.3 Å². The van der Waals surface area contributed by atoms with Crippen LogP contribution >= 0.6 is 11.3 Å². The average molecular weight is 368 g/mol. The number of piperidine rings is 1. The largest absolute Gasteiger partial charge is 0.506 e. The van der Waals surface area contributed by atoms with Crippen LogP contribution in [0.2, 0.25) is 0 Å². The zero-order valence-electron chi connectivity index (χ0n) is 15.6. The molecule has 26 heavy (non-hydrogen) atoms. The van der Waals surface area contributed by atoms with Crippen LogP contribution in [0.1, 0.15) is 24.0 Å².